The van der Waals surface area contributed by atoms with Crippen LogP contribution in [0, 0.1) is 0 Å². The van der Waals surface area contributed by atoms with Gasteiger partial charge < -0.3 is 9.47 Å². The van der Waals surface area contributed by atoms with Crippen LogP contribution < -0.4 is 0 Å². The highest BCUT2D eigenvalue weighted by molar-refractivity contribution is 7.99. The molecule has 1 aliphatic heterocycles. The van der Waals surface area contributed by atoms with E-state index in [9.17, 15) is 4.79 Å². The van der Waals surface area contributed by atoms with E-state index >= 15 is 0 Å². The van der Waals surface area contributed by atoms with Gasteiger partial charge in [-0.05, 0) is 39.2 Å². The first kappa shape index (κ1) is 17.3. The summed E-state index contributed by atoms with van der Waals surface area (Å²) in [7, 11) is 1.98. The van der Waals surface area contributed by atoms with Crippen molar-refractivity contribution in [1.82, 2.24) is 24.6 Å². The Labute approximate surface area is 157 Å². The quantitative estimate of drug-likeness (QED) is 0.662. The van der Waals surface area contributed by atoms with E-state index in [4.69, 9.17) is 0 Å². The van der Waals surface area contributed by atoms with Crippen LogP contribution in [-0.4, -0.2) is 48.4 Å². The average molecular weight is 369 g/mol. The fourth-order valence-electron chi connectivity index (χ4n) is 3.97. The van der Waals surface area contributed by atoms with Crippen molar-refractivity contribution in [2.45, 2.75) is 50.4 Å². The largest absolute Gasteiger partial charge is 0.337 e. The average Bonchev–Trinajstić information content (AvgIpc) is 2.92. The molecule has 1 saturated heterocycles. The van der Waals surface area contributed by atoms with E-state index in [1.807, 2.05) is 40.8 Å². The Morgan fingerprint density at radius 1 is 1.19 bits per heavy atom. The zero-order valence-electron chi connectivity index (χ0n) is 15.3. The molecule has 2 atom stereocenters. The number of aryl methyl sites for hydroxylation is 1. The number of hydrogen-bond donors (Lipinski definition) is 0. The number of fused-ring (bicyclic) bond motifs is 3. The number of piperidine rings is 1. The van der Waals surface area contributed by atoms with Crippen LogP contribution in [-0.2, 0) is 11.8 Å². The van der Waals surface area contributed by atoms with Crippen molar-refractivity contribution in [3.05, 3.63) is 24.3 Å². The molecule has 6 nitrogen and oxygen atoms in total. The Bertz CT molecular complexity index is 959. The van der Waals surface area contributed by atoms with E-state index in [1.165, 1.54) is 18.2 Å². The van der Waals surface area contributed by atoms with Gasteiger partial charge in [-0.2, -0.15) is 0 Å². The normalized spacial score (nSPS) is 20.8. The molecule has 4 rings (SSSR count). The Hall–Kier alpha value is -2.15. The van der Waals surface area contributed by atoms with Gasteiger partial charge in [0.1, 0.15) is 5.52 Å². The van der Waals surface area contributed by atoms with Gasteiger partial charge in [-0.3, -0.25) is 4.79 Å². The molecule has 1 aliphatic rings. The molecule has 136 valence electrons. The molecule has 0 radical (unpaired) electrons. The lowest BCUT2D eigenvalue weighted by atomic mass is 9.98. The molecule has 26 heavy (non-hydrogen) atoms. The number of aromatic nitrogens is 4. The lowest BCUT2D eigenvalue weighted by Crippen LogP contribution is -2.48. The number of para-hydroxylation sites is 1. The Kier molecular flexibility index (Phi) is 4.56. The molecule has 0 spiro atoms. The molecule has 1 amide bonds. The number of hydrogen-bond acceptors (Lipinski definition) is 5. The second-order valence-corrected chi connectivity index (χ2v) is 8.00. The summed E-state index contributed by atoms with van der Waals surface area (Å²) in [5.41, 5.74) is 2.69. The second-order valence-electron chi connectivity index (χ2n) is 7.06. The summed E-state index contributed by atoms with van der Waals surface area (Å²) in [5.74, 6) is 0.515. The van der Waals surface area contributed by atoms with Gasteiger partial charge in [0.25, 0.3) is 0 Å². The second kappa shape index (κ2) is 6.87. The van der Waals surface area contributed by atoms with Crippen molar-refractivity contribution in [3.8, 4) is 0 Å². The summed E-state index contributed by atoms with van der Waals surface area (Å²) in [6.45, 7) is 4.27. The van der Waals surface area contributed by atoms with Crippen molar-refractivity contribution in [2.75, 3.05) is 5.75 Å². The summed E-state index contributed by atoms with van der Waals surface area (Å²) < 4.78 is 2.03. The first-order valence-electron chi connectivity index (χ1n) is 9.08. The van der Waals surface area contributed by atoms with E-state index < -0.39 is 0 Å². The van der Waals surface area contributed by atoms with Crippen LogP contribution in [0.3, 0.4) is 0 Å². The highest BCUT2D eigenvalue weighted by Crippen LogP contribution is 2.27. The number of carbonyl (C=O) groups is 1. The van der Waals surface area contributed by atoms with Gasteiger partial charge in [-0.15, -0.1) is 10.2 Å². The molecule has 3 heterocycles. The van der Waals surface area contributed by atoms with Gasteiger partial charge in [0.2, 0.25) is 11.1 Å². The van der Waals surface area contributed by atoms with Gasteiger partial charge in [-0.1, -0.05) is 30.0 Å². The zero-order chi connectivity index (χ0) is 18.3. The van der Waals surface area contributed by atoms with Crippen molar-refractivity contribution in [2.24, 2.45) is 7.05 Å². The first-order chi connectivity index (χ1) is 12.6. The van der Waals surface area contributed by atoms with E-state index in [-0.39, 0.29) is 5.91 Å². The lowest BCUT2D eigenvalue weighted by Gasteiger charge is -2.39. The standard InChI is InChI=1S/C19H23N5OS/c1-12-7-6-8-13(2)24(12)16(25)11-26-19-20-18-17(21-22-19)14-9-4-5-10-15(14)23(18)3/h4-5,9-10,12-13H,6-8,11H2,1-3H3/t12-,13-/m1/s1. The summed E-state index contributed by atoms with van der Waals surface area (Å²) in [4.78, 5) is 19.4. The molecular weight excluding hydrogens is 346 g/mol. The molecule has 0 unspecified atom stereocenters. The number of benzene rings is 1. The fraction of sp³-hybridized carbons (Fsp3) is 0.474. The number of carbonyl (C=O) groups excluding carboxylic acids is 1. The Balaban J connectivity index is 1.55. The van der Waals surface area contributed by atoms with Gasteiger partial charge in [-0.25, -0.2) is 4.98 Å². The number of likely N-dealkylation sites (tertiary alicyclic amines) is 1. The Morgan fingerprint density at radius 2 is 1.92 bits per heavy atom. The summed E-state index contributed by atoms with van der Waals surface area (Å²) >= 11 is 1.37. The van der Waals surface area contributed by atoms with Crippen molar-refractivity contribution < 1.29 is 4.79 Å². The molecule has 7 heteroatoms. The van der Waals surface area contributed by atoms with Crippen LogP contribution in [0.4, 0.5) is 0 Å². The van der Waals surface area contributed by atoms with Gasteiger partial charge >= 0.3 is 0 Å². The monoisotopic (exact) mass is 369 g/mol. The minimum atomic E-state index is 0.162. The van der Waals surface area contributed by atoms with Crippen LogP contribution in [0.5, 0.6) is 0 Å². The number of rotatable bonds is 3. The summed E-state index contributed by atoms with van der Waals surface area (Å²) in [6.07, 6.45) is 3.37. The summed E-state index contributed by atoms with van der Waals surface area (Å²) in [6, 6.07) is 8.70. The van der Waals surface area contributed by atoms with Crippen LogP contribution >= 0.6 is 11.8 Å². The predicted molar refractivity (Wildman–Crippen MR) is 104 cm³/mol. The van der Waals surface area contributed by atoms with E-state index in [0.717, 1.165) is 34.9 Å². The number of thioether (sulfide) groups is 1. The molecule has 1 fully saturated rings. The third-order valence-corrected chi connectivity index (χ3v) is 6.12. The predicted octanol–water partition coefficient (Wildman–Crippen LogP) is 3.40. The first-order valence-corrected chi connectivity index (χ1v) is 10.1. The van der Waals surface area contributed by atoms with Crippen molar-refractivity contribution in [1.29, 1.82) is 0 Å². The maximum atomic E-state index is 12.7. The SMILES string of the molecule is C[C@@H]1CCC[C@@H](C)N1C(=O)CSc1nnc2c3ccccc3n(C)c2n1. The van der Waals surface area contributed by atoms with Crippen LogP contribution in [0.25, 0.3) is 22.1 Å². The molecule has 0 bridgehead atoms. The van der Waals surface area contributed by atoms with E-state index in [2.05, 4.69) is 29.0 Å². The van der Waals surface area contributed by atoms with Gasteiger partial charge in [0, 0.05) is 24.5 Å². The maximum Gasteiger partial charge on any atom is 0.233 e. The number of nitrogens with zero attached hydrogens (tertiary/aromatic N) is 5. The number of amides is 1. The van der Waals surface area contributed by atoms with Crippen molar-refractivity contribution >= 4 is 39.7 Å². The van der Waals surface area contributed by atoms with E-state index in [1.54, 1.807) is 0 Å². The summed E-state index contributed by atoms with van der Waals surface area (Å²) in [5, 5.41) is 10.2. The molecule has 0 aliphatic carbocycles. The molecule has 0 saturated carbocycles. The molecule has 1 aromatic carbocycles. The molecular formula is C19H23N5OS. The van der Waals surface area contributed by atoms with Crippen molar-refractivity contribution in [3.63, 3.8) is 0 Å². The van der Waals surface area contributed by atoms with Gasteiger partial charge in [0.15, 0.2) is 5.65 Å². The molecule has 3 aromatic rings. The fourth-order valence-corrected chi connectivity index (χ4v) is 4.62. The van der Waals surface area contributed by atoms with Gasteiger partial charge in [0.05, 0.1) is 11.3 Å². The minimum Gasteiger partial charge on any atom is -0.337 e. The third kappa shape index (κ3) is 2.94. The maximum absolute atomic E-state index is 12.7. The van der Waals surface area contributed by atoms with Crippen LogP contribution in [0.15, 0.2) is 29.4 Å². The topological polar surface area (TPSA) is 63.9 Å². The molecule has 2 aromatic heterocycles. The Morgan fingerprint density at radius 3 is 2.69 bits per heavy atom. The minimum absolute atomic E-state index is 0.162. The van der Waals surface area contributed by atoms with Crippen LogP contribution in [0.1, 0.15) is 33.1 Å². The zero-order valence-corrected chi connectivity index (χ0v) is 16.2. The smallest absolute Gasteiger partial charge is 0.233 e. The molecule has 0 N–H and O–H groups in total. The highest BCUT2D eigenvalue weighted by Gasteiger charge is 2.28. The van der Waals surface area contributed by atoms with Crippen LogP contribution in [0.2, 0.25) is 0 Å². The van der Waals surface area contributed by atoms with E-state index in [0.29, 0.717) is 23.0 Å². The lowest BCUT2D eigenvalue weighted by molar-refractivity contribution is -0.134. The third-order valence-electron chi connectivity index (χ3n) is 5.29. The highest BCUT2D eigenvalue weighted by atomic mass is 32.2.